The Kier molecular flexibility index (Phi) is 5.41. The molecule has 0 heterocycles. The summed E-state index contributed by atoms with van der Waals surface area (Å²) >= 11 is 0. The number of hydrogen-bond donors (Lipinski definition) is 1. The molecular formula is C17H27FN2. The van der Waals surface area contributed by atoms with E-state index in [0.717, 1.165) is 24.9 Å². The first-order chi connectivity index (χ1) is 9.65. The summed E-state index contributed by atoms with van der Waals surface area (Å²) in [6.07, 6.45) is 6.81. The van der Waals surface area contributed by atoms with Gasteiger partial charge < -0.3 is 10.6 Å². The first-order valence-corrected chi connectivity index (χ1v) is 7.96. The van der Waals surface area contributed by atoms with Gasteiger partial charge in [-0.2, -0.15) is 0 Å². The lowest BCUT2D eigenvalue weighted by Gasteiger charge is -2.32. The summed E-state index contributed by atoms with van der Waals surface area (Å²) in [7, 11) is 0. The molecule has 20 heavy (non-hydrogen) atoms. The molecule has 1 saturated carbocycles. The lowest BCUT2D eigenvalue weighted by molar-refractivity contribution is 0.596. The number of rotatable bonds is 6. The molecule has 3 heteroatoms. The van der Waals surface area contributed by atoms with Crippen molar-refractivity contribution in [1.29, 1.82) is 0 Å². The van der Waals surface area contributed by atoms with Crippen molar-refractivity contribution in [2.24, 2.45) is 5.73 Å². The molecule has 0 bridgehead atoms. The minimum Gasteiger partial charge on any atom is -0.369 e. The Morgan fingerprint density at radius 2 is 2.00 bits per heavy atom. The van der Waals surface area contributed by atoms with Crippen LogP contribution in [0.1, 0.15) is 51.5 Å². The number of halogens is 1. The highest BCUT2D eigenvalue weighted by molar-refractivity contribution is 5.55. The van der Waals surface area contributed by atoms with E-state index in [0.29, 0.717) is 6.04 Å². The van der Waals surface area contributed by atoms with Gasteiger partial charge in [0.1, 0.15) is 5.82 Å². The van der Waals surface area contributed by atoms with Crippen molar-refractivity contribution in [2.45, 2.75) is 64.5 Å². The van der Waals surface area contributed by atoms with Gasteiger partial charge in [-0.3, -0.25) is 0 Å². The Hall–Kier alpha value is -1.09. The average Bonchev–Trinajstić information content (AvgIpc) is 2.95. The molecule has 0 aromatic heterocycles. The Bertz CT molecular complexity index is 427. The fraction of sp³-hybridized carbons (Fsp3) is 0.647. The highest BCUT2D eigenvalue weighted by atomic mass is 19.1. The van der Waals surface area contributed by atoms with Crippen molar-refractivity contribution in [1.82, 2.24) is 0 Å². The zero-order chi connectivity index (χ0) is 14.5. The second-order valence-corrected chi connectivity index (χ2v) is 5.87. The van der Waals surface area contributed by atoms with Crippen molar-refractivity contribution in [2.75, 3.05) is 11.4 Å². The van der Waals surface area contributed by atoms with E-state index in [2.05, 4.69) is 18.7 Å². The van der Waals surface area contributed by atoms with Crippen LogP contribution in [0, 0.1) is 5.82 Å². The molecule has 0 saturated heterocycles. The third-order valence-corrected chi connectivity index (χ3v) is 4.46. The van der Waals surface area contributed by atoms with E-state index in [9.17, 15) is 4.39 Å². The minimum atomic E-state index is -0.158. The number of hydrogen-bond acceptors (Lipinski definition) is 2. The molecule has 1 aliphatic carbocycles. The Labute approximate surface area is 122 Å². The second-order valence-electron chi connectivity index (χ2n) is 5.87. The summed E-state index contributed by atoms with van der Waals surface area (Å²) in [5.74, 6) is -0.158. The van der Waals surface area contributed by atoms with Crippen molar-refractivity contribution >= 4 is 5.69 Å². The summed E-state index contributed by atoms with van der Waals surface area (Å²) in [6, 6.07) is 5.91. The molecule has 0 radical (unpaired) electrons. The lowest BCUT2D eigenvalue weighted by Crippen LogP contribution is -2.34. The normalized spacial score (nSPS) is 17.4. The fourth-order valence-electron chi connectivity index (χ4n) is 3.27. The van der Waals surface area contributed by atoms with Gasteiger partial charge in [-0.25, -0.2) is 4.39 Å². The van der Waals surface area contributed by atoms with Crippen LogP contribution in [0.4, 0.5) is 10.1 Å². The predicted molar refractivity (Wildman–Crippen MR) is 83.6 cm³/mol. The topological polar surface area (TPSA) is 29.3 Å². The quantitative estimate of drug-likeness (QED) is 0.855. The van der Waals surface area contributed by atoms with Gasteiger partial charge in [-0.1, -0.05) is 19.8 Å². The van der Waals surface area contributed by atoms with E-state index in [1.54, 1.807) is 12.1 Å². The van der Waals surface area contributed by atoms with Crippen LogP contribution in [0.25, 0.3) is 0 Å². The maximum Gasteiger partial charge on any atom is 0.123 e. The molecule has 0 aliphatic heterocycles. The Morgan fingerprint density at radius 1 is 1.30 bits per heavy atom. The summed E-state index contributed by atoms with van der Waals surface area (Å²) in [6.45, 7) is 5.24. The van der Waals surface area contributed by atoms with Crippen LogP contribution in [-0.2, 0) is 6.42 Å². The zero-order valence-corrected chi connectivity index (χ0v) is 12.7. The van der Waals surface area contributed by atoms with E-state index in [4.69, 9.17) is 5.73 Å². The van der Waals surface area contributed by atoms with Crippen molar-refractivity contribution in [3.8, 4) is 0 Å². The van der Waals surface area contributed by atoms with Crippen LogP contribution < -0.4 is 10.6 Å². The molecule has 1 aromatic carbocycles. The third kappa shape index (κ3) is 3.51. The molecule has 2 rings (SSSR count). The summed E-state index contributed by atoms with van der Waals surface area (Å²) in [4.78, 5) is 2.45. The van der Waals surface area contributed by atoms with Crippen LogP contribution in [-0.4, -0.2) is 18.6 Å². The van der Waals surface area contributed by atoms with Crippen molar-refractivity contribution in [3.63, 3.8) is 0 Å². The monoisotopic (exact) mass is 278 g/mol. The molecule has 1 aromatic rings. The highest BCUT2D eigenvalue weighted by Crippen LogP contribution is 2.31. The van der Waals surface area contributed by atoms with Gasteiger partial charge in [0.05, 0.1) is 0 Å². The van der Waals surface area contributed by atoms with Gasteiger partial charge in [0, 0.05) is 24.3 Å². The zero-order valence-electron chi connectivity index (χ0n) is 12.7. The van der Waals surface area contributed by atoms with Crippen molar-refractivity contribution < 1.29 is 4.39 Å². The average molecular weight is 278 g/mol. The van der Waals surface area contributed by atoms with Gasteiger partial charge in [-0.05, 0) is 56.4 Å². The SMILES string of the molecule is CCC(N)Cc1cc(F)ccc1N(CC)C1CCCC1. The first-order valence-electron chi connectivity index (χ1n) is 7.96. The Balaban J connectivity index is 2.27. The van der Waals surface area contributed by atoms with Crippen LogP contribution in [0.2, 0.25) is 0 Å². The molecule has 112 valence electrons. The maximum atomic E-state index is 13.6. The van der Waals surface area contributed by atoms with Crippen LogP contribution in [0.5, 0.6) is 0 Å². The molecule has 2 N–H and O–H groups in total. The largest absolute Gasteiger partial charge is 0.369 e. The van der Waals surface area contributed by atoms with Gasteiger partial charge in [0.2, 0.25) is 0 Å². The molecule has 0 spiro atoms. The number of anilines is 1. The smallest absolute Gasteiger partial charge is 0.123 e. The van der Waals surface area contributed by atoms with Gasteiger partial charge in [0.15, 0.2) is 0 Å². The maximum absolute atomic E-state index is 13.6. The van der Waals surface area contributed by atoms with E-state index in [1.807, 2.05) is 6.07 Å². The molecule has 0 amide bonds. The molecule has 1 unspecified atom stereocenters. The number of benzene rings is 1. The van der Waals surface area contributed by atoms with Crippen molar-refractivity contribution in [3.05, 3.63) is 29.6 Å². The molecule has 1 atom stereocenters. The standard InChI is InChI=1S/C17H27FN2/c1-3-15(19)12-13-11-14(18)9-10-17(13)20(4-2)16-7-5-6-8-16/h9-11,15-16H,3-8,12,19H2,1-2H3. The van der Waals surface area contributed by atoms with Crippen LogP contribution in [0.3, 0.4) is 0 Å². The summed E-state index contributed by atoms with van der Waals surface area (Å²) < 4.78 is 13.6. The summed E-state index contributed by atoms with van der Waals surface area (Å²) in [5, 5.41) is 0. The van der Waals surface area contributed by atoms with E-state index in [1.165, 1.54) is 31.4 Å². The number of nitrogens with two attached hydrogens (primary N) is 1. The first kappa shape index (κ1) is 15.3. The Morgan fingerprint density at radius 3 is 2.60 bits per heavy atom. The van der Waals surface area contributed by atoms with Gasteiger partial charge in [-0.15, -0.1) is 0 Å². The van der Waals surface area contributed by atoms with Gasteiger partial charge in [0.25, 0.3) is 0 Å². The lowest BCUT2D eigenvalue weighted by atomic mass is 10.0. The molecule has 2 nitrogen and oxygen atoms in total. The van der Waals surface area contributed by atoms with E-state index < -0.39 is 0 Å². The predicted octanol–water partition coefficient (Wildman–Crippen LogP) is 3.87. The van der Waals surface area contributed by atoms with E-state index >= 15 is 0 Å². The minimum absolute atomic E-state index is 0.109. The highest BCUT2D eigenvalue weighted by Gasteiger charge is 2.23. The molecule has 1 fully saturated rings. The molecular weight excluding hydrogens is 251 g/mol. The van der Waals surface area contributed by atoms with E-state index in [-0.39, 0.29) is 11.9 Å². The van der Waals surface area contributed by atoms with Crippen LogP contribution in [0.15, 0.2) is 18.2 Å². The fourth-order valence-corrected chi connectivity index (χ4v) is 3.27. The summed E-state index contributed by atoms with van der Waals surface area (Å²) in [5.41, 5.74) is 8.33. The number of nitrogens with zero attached hydrogens (tertiary/aromatic N) is 1. The second kappa shape index (κ2) is 7.07. The third-order valence-electron chi connectivity index (χ3n) is 4.46. The van der Waals surface area contributed by atoms with Gasteiger partial charge >= 0.3 is 0 Å². The molecule has 1 aliphatic rings. The van der Waals surface area contributed by atoms with Crippen LogP contribution >= 0.6 is 0 Å².